The third-order valence-corrected chi connectivity index (χ3v) is 8.10. The van der Waals surface area contributed by atoms with Gasteiger partial charge < -0.3 is 9.80 Å². The van der Waals surface area contributed by atoms with Crippen LogP contribution in [0.2, 0.25) is 0 Å². The zero-order valence-electron chi connectivity index (χ0n) is 17.7. The van der Waals surface area contributed by atoms with E-state index in [2.05, 4.69) is 11.8 Å². The van der Waals surface area contributed by atoms with E-state index < -0.39 is 10.0 Å². The monoisotopic (exact) mass is 447 g/mol. The van der Waals surface area contributed by atoms with E-state index in [0.717, 1.165) is 37.6 Å². The third kappa shape index (κ3) is 4.82. The molecule has 1 amide bonds. The maximum Gasteiger partial charge on any atom is 0.264 e. The van der Waals surface area contributed by atoms with Crippen molar-refractivity contribution in [1.82, 2.24) is 9.80 Å². The molecule has 1 aliphatic rings. The first-order valence-corrected chi connectivity index (χ1v) is 12.9. The van der Waals surface area contributed by atoms with Crippen molar-refractivity contribution >= 4 is 33.4 Å². The summed E-state index contributed by atoms with van der Waals surface area (Å²) >= 11 is 1.57. The van der Waals surface area contributed by atoms with E-state index in [1.54, 1.807) is 55.1 Å². The largest absolute Gasteiger partial charge is 0.336 e. The van der Waals surface area contributed by atoms with Crippen molar-refractivity contribution in [3.05, 3.63) is 54.1 Å². The Hall–Kier alpha value is -2.03. The standard InChI is InChI=1S/C22H29N3O3S2/c1-4-23-14-16-24(17-15-23)22(26)18-6-8-19(9-7-18)25(5-2)30(27,28)21-12-10-20(29-3)11-13-21/h6-13H,4-5,14-17H2,1-3H3. The van der Waals surface area contributed by atoms with Crippen LogP contribution in [0.4, 0.5) is 5.69 Å². The lowest BCUT2D eigenvalue weighted by molar-refractivity contribution is 0.0643. The molecule has 1 saturated heterocycles. The summed E-state index contributed by atoms with van der Waals surface area (Å²) in [6, 6.07) is 13.8. The molecular weight excluding hydrogens is 418 g/mol. The number of amides is 1. The summed E-state index contributed by atoms with van der Waals surface area (Å²) in [6.07, 6.45) is 1.95. The van der Waals surface area contributed by atoms with E-state index >= 15 is 0 Å². The second-order valence-corrected chi connectivity index (χ2v) is 9.86. The van der Waals surface area contributed by atoms with Crippen molar-refractivity contribution in [3.63, 3.8) is 0 Å². The van der Waals surface area contributed by atoms with E-state index in [1.165, 1.54) is 4.31 Å². The van der Waals surface area contributed by atoms with Gasteiger partial charge in [0.05, 0.1) is 10.6 Å². The van der Waals surface area contributed by atoms with E-state index in [9.17, 15) is 13.2 Å². The summed E-state index contributed by atoms with van der Waals surface area (Å²) in [4.78, 5) is 18.3. The molecule has 0 aromatic heterocycles. The molecule has 1 heterocycles. The Labute approximate surface area is 183 Å². The Bertz CT molecular complexity index is 952. The SMILES string of the molecule is CCN1CCN(C(=O)c2ccc(N(CC)S(=O)(=O)c3ccc(SC)cc3)cc2)CC1. The molecule has 3 rings (SSSR count). The second-order valence-electron chi connectivity index (χ2n) is 7.12. The predicted molar refractivity (Wildman–Crippen MR) is 123 cm³/mol. The average molecular weight is 448 g/mol. The van der Waals surface area contributed by atoms with Crippen LogP contribution in [-0.4, -0.2) is 69.6 Å². The van der Waals surface area contributed by atoms with Gasteiger partial charge >= 0.3 is 0 Å². The third-order valence-electron chi connectivity index (χ3n) is 5.44. The Morgan fingerprint density at radius 3 is 2.07 bits per heavy atom. The minimum Gasteiger partial charge on any atom is -0.336 e. The molecule has 6 nitrogen and oxygen atoms in total. The second kappa shape index (κ2) is 9.85. The van der Waals surface area contributed by atoms with Crippen LogP contribution < -0.4 is 4.31 Å². The maximum atomic E-state index is 13.1. The highest BCUT2D eigenvalue weighted by atomic mass is 32.2. The quantitative estimate of drug-likeness (QED) is 0.609. The van der Waals surface area contributed by atoms with Gasteiger partial charge in [0, 0.05) is 43.2 Å². The highest BCUT2D eigenvalue weighted by molar-refractivity contribution is 7.98. The molecule has 30 heavy (non-hydrogen) atoms. The number of hydrogen-bond acceptors (Lipinski definition) is 5. The summed E-state index contributed by atoms with van der Waals surface area (Å²) < 4.78 is 27.6. The van der Waals surface area contributed by atoms with Crippen LogP contribution in [0.1, 0.15) is 24.2 Å². The van der Waals surface area contributed by atoms with Crippen molar-refractivity contribution in [3.8, 4) is 0 Å². The number of carbonyl (C=O) groups excluding carboxylic acids is 1. The summed E-state index contributed by atoms with van der Waals surface area (Å²) in [5.74, 6) is -0.00383. The summed E-state index contributed by atoms with van der Waals surface area (Å²) in [6.45, 7) is 8.44. The number of carbonyl (C=O) groups is 1. The van der Waals surface area contributed by atoms with Crippen molar-refractivity contribution in [1.29, 1.82) is 0 Å². The fourth-order valence-electron chi connectivity index (χ4n) is 3.59. The lowest BCUT2D eigenvalue weighted by atomic mass is 10.1. The molecular formula is C22H29N3O3S2. The molecule has 0 saturated carbocycles. The van der Waals surface area contributed by atoms with E-state index in [4.69, 9.17) is 0 Å². The lowest BCUT2D eigenvalue weighted by Gasteiger charge is -2.34. The first-order chi connectivity index (χ1) is 14.4. The molecule has 8 heteroatoms. The molecule has 1 aliphatic heterocycles. The highest BCUT2D eigenvalue weighted by Crippen LogP contribution is 2.26. The van der Waals surface area contributed by atoms with Gasteiger partial charge in [-0.25, -0.2) is 8.42 Å². The Morgan fingerprint density at radius 2 is 1.57 bits per heavy atom. The first kappa shape index (κ1) is 22.7. The van der Waals surface area contributed by atoms with Gasteiger partial charge in [-0.05, 0) is 68.3 Å². The normalized spacial score (nSPS) is 15.2. The van der Waals surface area contributed by atoms with Crippen LogP contribution in [-0.2, 0) is 10.0 Å². The van der Waals surface area contributed by atoms with Crippen molar-refractivity contribution in [2.75, 3.05) is 49.8 Å². The van der Waals surface area contributed by atoms with Crippen LogP contribution in [0, 0.1) is 0 Å². The summed E-state index contributed by atoms with van der Waals surface area (Å²) in [7, 11) is -3.67. The van der Waals surface area contributed by atoms with Crippen molar-refractivity contribution in [2.24, 2.45) is 0 Å². The molecule has 0 spiro atoms. The minimum absolute atomic E-state index is 0.00383. The Morgan fingerprint density at radius 1 is 0.967 bits per heavy atom. The number of rotatable bonds is 7. The minimum atomic E-state index is -3.67. The fraction of sp³-hybridized carbons (Fsp3) is 0.409. The van der Waals surface area contributed by atoms with Crippen LogP contribution >= 0.6 is 11.8 Å². The molecule has 0 atom stereocenters. The number of benzene rings is 2. The van der Waals surface area contributed by atoms with Gasteiger partial charge in [-0.1, -0.05) is 6.92 Å². The predicted octanol–water partition coefficient (Wildman–Crippen LogP) is 3.40. The number of anilines is 1. The molecule has 162 valence electrons. The molecule has 0 unspecified atom stereocenters. The Kier molecular flexibility index (Phi) is 7.44. The number of hydrogen-bond donors (Lipinski definition) is 0. The van der Waals surface area contributed by atoms with Gasteiger partial charge in [0.15, 0.2) is 0 Å². The molecule has 1 fully saturated rings. The maximum absolute atomic E-state index is 13.1. The van der Waals surface area contributed by atoms with Crippen molar-refractivity contribution < 1.29 is 13.2 Å². The zero-order chi connectivity index (χ0) is 21.7. The number of likely N-dealkylation sites (N-methyl/N-ethyl adjacent to an activating group) is 1. The van der Waals surface area contributed by atoms with Gasteiger partial charge in [0.2, 0.25) is 0 Å². The van der Waals surface area contributed by atoms with Crippen LogP contribution in [0.25, 0.3) is 0 Å². The van der Waals surface area contributed by atoms with Gasteiger partial charge in [-0.2, -0.15) is 0 Å². The zero-order valence-corrected chi connectivity index (χ0v) is 19.4. The molecule has 2 aromatic rings. The molecule has 2 aromatic carbocycles. The molecule has 0 radical (unpaired) electrons. The topological polar surface area (TPSA) is 60.9 Å². The van der Waals surface area contributed by atoms with Crippen molar-refractivity contribution in [2.45, 2.75) is 23.6 Å². The van der Waals surface area contributed by atoms with Crippen LogP contribution in [0.3, 0.4) is 0 Å². The van der Waals surface area contributed by atoms with Gasteiger partial charge in [0.25, 0.3) is 15.9 Å². The molecule has 0 bridgehead atoms. The van der Waals surface area contributed by atoms with Gasteiger partial charge in [0.1, 0.15) is 0 Å². The van der Waals surface area contributed by atoms with E-state index in [1.807, 2.05) is 23.3 Å². The number of piperazine rings is 1. The Balaban J connectivity index is 1.77. The smallest absolute Gasteiger partial charge is 0.264 e. The summed E-state index contributed by atoms with van der Waals surface area (Å²) in [5, 5.41) is 0. The van der Waals surface area contributed by atoms with Crippen LogP contribution in [0.5, 0.6) is 0 Å². The van der Waals surface area contributed by atoms with E-state index in [-0.39, 0.29) is 10.8 Å². The number of nitrogens with zero attached hydrogens (tertiary/aromatic N) is 3. The number of sulfonamides is 1. The van der Waals surface area contributed by atoms with Crippen LogP contribution in [0.15, 0.2) is 58.3 Å². The molecule has 0 N–H and O–H groups in total. The van der Waals surface area contributed by atoms with Gasteiger partial charge in [-0.15, -0.1) is 11.8 Å². The average Bonchev–Trinajstić information content (AvgIpc) is 2.79. The fourth-order valence-corrected chi connectivity index (χ4v) is 5.47. The van der Waals surface area contributed by atoms with Gasteiger partial charge in [-0.3, -0.25) is 9.10 Å². The summed E-state index contributed by atoms with van der Waals surface area (Å²) in [5.41, 5.74) is 1.14. The number of thioether (sulfide) groups is 1. The van der Waals surface area contributed by atoms with E-state index in [0.29, 0.717) is 17.8 Å². The highest BCUT2D eigenvalue weighted by Gasteiger charge is 2.25. The lowest BCUT2D eigenvalue weighted by Crippen LogP contribution is -2.48. The molecule has 0 aliphatic carbocycles. The first-order valence-electron chi connectivity index (χ1n) is 10.2.